The molecule has 1 aromatic carbocycles. The van der Waals surface area contributed by atoms with E-state index in [0.717, 1.165) is 11.1 Å². The number of primary amides is 1. The average molecular weight is 280 g/mol. The van der Waals surface area contributed by atoms with E-state index in [1.807, 2.05) is 19.1 Å². The minimum Gasteiger partial charge on any atom is -0.480 e. The molecule has 0 radical (unpaired) electrons. The summed E-state index contributed by atoms with van der Waals surface area (Å²) in [4.78, 5) is 32.9. The molecule has 1 aromatic rings. The molecule has 0 fully saturated rings. The number of carboxylic acids is 1. The minimum atomic E-state index is -1.39. The third-order valence-electron chi connectivity index (χ3n) is 2.49. The molecule has 0 bridgehead atoms. The zero-order chi connectivity index (χ0) is 15.1. The fourth-order valence-corrected chi connectivity index (χ4v) is 1.42. The molecule has 0 heterocycles. The number of hydrogen-bond donors (Lipinski definition) is 3. The van der Waals surface area contributed by atoms with Gasteiger partial charge in [0, 0.05) is 0 Å². The van der Waals surface area contributed by atoms with E-state index < -0.39 is 30.4 Å². The predicted octanol–water partition coefficient (Wildman–Crippen LogP) is 0.550. The van der Waals surface area contributed by atoms with Crippen molar-refractivity contribution in [1.29, 1.82) is 0 Å². The first kappa shape index (κ1) is 15.5. The fraction of sp³-hybridized carbons (Fsp3) is 0.308. The summed E-state index contributed by atoms with van der Waals surface area (Å²) in [7, 11) is 0. The molecule has 0 unspecified atom stereocenters. The SMILES string of the molecule is Cc1ccc(COC(=O)N[C@@H](CC(N)=O)C(=O)O)cc1. The van der Waals surface area contributed by atoms with Crippen LogP contribution in [0.3, 0.4) is 0 Å². The lowest BCUT2D eigenvalue weighted by Gasteiger charge is -2.13. The first-order valence-electron chi connectivity index (χ1n) is 5.88. The highest BCUT2D eigenvalue weighted by molar-refractivity contribution is 5.86. The van der Waals surface area contributed by atoms with Gasteiger partial charge in [0.05, 0.1) is 6.42 Å². The molecule has 1 rings (SSSR count). The number of ether oxygens (including phenoxy) is 1. The molecular weight excluding hydrogens is 264 g/mol. The highest BCUT2D eigenvalue weighted by atomic mass is 16.5. The summed E-state index contributed by atoms with van der Waals surface area (Å²) in [6.07, 6.45) is -1.41. The van der Waals surface area contributed by atoms with Crippen molar-refractivity contribution in [1.82, 2.24) is 5.32 Å². The molecule has 7 nitrogen and oxygen atoms in total. The molecule has 0 aromatic heterocycles. The number of carbonyl (C=O) groups is 3. The third kappa shape index (κ3) is 5.38. The number of nitrogens with one attached hydrogen (secondary N) is 1. The van der Waals surface area contributed by atoms with Gasteiger partial charge in [0.25, 0.3) is 0 Å². The number of aryl methyl sites for hydroxylation is 1. The van der Waals surface area contributed by atoms with Crippen LogP contribution in [0.2, 0.25) is 0 Å². The van der Waals surface area contributed by atoms with E-state index in [1.54, 1.807) is 12.1 Å². The Morgan fingerprint density at radius 3 is 2.40 bits per heavy atom. The van der Waals surface area contributed by atoms with E-state index in [-0.39, 0.29) is 6.61 Å². The van der Waals surface area contributed by atoms with Gasteiger partial charge >= 0.3 is 12.1 Å². The molecule has 0 aliphatic carbocycles. The Labute approximate surface area is 115 Å². The molecule has 1 atom stereocenters. The predicted molar refractivity (Wildman–Crippen MR) is 69.7 cm³/mol. The fourth-order valence-electron chi connectivity index (χ4n) is 1.42. The van der Waals surface area contributed by atoms with Crippen molar-refractivity contribution in [2.75, 3.05) is 0 Å². The van der Waals surface area contributed by atoms with E-state index in [9.17, 15) is 14.4 Å². The number of rotatable bonds is 6. The van der Waals surface area contributed by atoms with Crippen LogP contribution in [0.4, 0.5) is 4.79 Å². The number of alkyl carbamates (subject to hydrolysis) is 1. The van der Waals surface area contributed by atoms with Crippen LogP contribution < -0.4 is 11.1 Å². The molecule has 20 heavy (non-hydrogen) atoms. The van der Waals surface area contributed by atoms with Crippen LogP contribution in [0.1, 0.15) is 17.5 Å². The maximum absolute atomic E-state index is 11.4. The molecule has 7 heteroatoms. The molecule has 0 spiro atoms. The second-order valence-electron chi connectivity index (χ2n) is 4.27. The van der Waals surface area contributed by atoms with Crippen LogP contribution in [0, 0.1) is 6.92 Å². The van der Waals surface area contributed by atoms with Crippen LogP contribution in [0.15, 0.2) is 24.3 Å². The normalized spacial score (nSPS) is 11.4. The summed E-state index contributed by atoms with van der Waals surface area (Å²) in [5.41, 5.74) is 6.74. The summed E-state index contributed by atoms with van der Waals surface area (Å²) in [6, 6.07) is 5.92. The maximum atomic E-state index is 11.4. The first-order valence-corrected chi connectivity index (χ1v) is 5.88. The third-order valence-corrected chi connectivity index (χ3v) is 2.49. The number of hydrogen-bond acceptors (Lipinski definition) is 4. The van der Waals surface area contributed by atoms with Crippen molar-refractivity contribution in [3.8, 4) is 0 Å². The van der Waals surface area contributed by atoms with Crippen molar-refractivity contribution >= 4 is 18.0 Å². The Balaban J connectivity index is 2.47. The summed E-state index contributed by atoms with van der Waals surface area (Å²) >= 11 is 0. The highest BCUT2D eigenvalue weighted by Crippen LogP contribution is 2.04. The maximum Gasteiger partial charge on any atom is 0.408 e. The van der Waals surface area contributed by atoms with Crippen LogP contribution >= 0.6 is 0 Å². The van der Waals surface area contributed by atoms with Crippen LogP contribution in [-0.2, 0) is 20.9 Å². The van der Waals surface area contributed by atoms with E-state index in [4.69, 9.17) is 15.6 Å². The van der Waals surface area contributed by atoms with E-state index in [1.165, 1.54) is 0 Å². The first-order chi connectivity index (χ1) is 9.38. The number of carbonyl (C=O) groups excluding carboxylic acids is 2. The summed E-state index contributed by atoms with van der Waals surface area (Å²) in [5, 5.41) is 10.9. The molecule has 0 aliphatic heterocycles. The van der Waals surface area contributed by atoms with E-state index >= 15 is 0 Å². The second kappa shape index (κ2) is 7.13. The van der Waals surface area contributed by atoms with E-state index in [2.05, 4.69) is 5.32 Å². The largest absolute Gasteiger partial charge is 0.480 e. The van der Waals surface area contributed by atoms with Gasteiger partial charge in [-0.15, -0.1) is 0 Å². The second-order valence-corrected chi connectivity index (χ2v) is 4.27. The monoisotopic (exact) mass is 280 g/mol. The van der Waals surface area contributed by atoms with Crippen molar-refractivity contribution in [3.05, 3.63) is 35.4 Å². The molecule has 0 saturated heterocycles. The van der Waals surface area contributed by atoms with Crippen LogP contribution in [-0.4, -0.2) is 29.1 Å². The topological polar surface area (TPSA) is 119 Å². The van der Waals surface area contributed by atoms with Crippen molar-refractivity contribution in [2.45, 2.75) is 26.0 Å². The Hall–Kier alpha value is -2.57. The van der Waals surface area contributed by atoms with Gasteiger partial charge in [-0.25, -0.2) is 9.59 Å². The lowest BCUT2D eigenvalue weighted by molar-refractivity contribution is -0.141. The Bertz CT molecular complexity index is 498. The summed E-state index contributed by atoms with van der Waals surface area (Å²) in [6.45, 7) is 1.94. The van der Waals surface area contributed by atoms with Crippen LogP contribution in [0.5, 0.6) is 0 Å². The number of amides is 2. The molecule has 4 N–H and O–H groups in total. The van der Waals surface area contributed by atoms with Gasteiger partial charge < -0.3 is 20.9 Å². The average Bonchev–Trinajstić information content (AvgIpc) is 2.36. The number of benzene rings is 1. The van der Waals surface area contributed by atoms with Crippen molar-refractivity contribution in [2.24, 2.45) is 5.73 Å². The molecule has 108 valence electrons. The van der Waals surface area contributed by atoms with Gasteiger partial charge in [-0.1, -0.05) is 29.8 Å². The van der Waals surface area contributed by atoms with Crippen molar-refractivity contribution < 1.29 is 24.2 Å². The Morgan fingerprint density at radius 1 is 1.30 bits per heavy atom. The van der Waals surface area contributed by atoms with Gasteiger partial charge in [0.15, 0.2) is 0 Å². The van der Waals surface area contributed by atoms with Gasteiger partial charge in [0.1, 0.15) is 12.6 Å². The van der Waals surface area contributed by atoms with Gasteiger partial charge in [-0.2, -0.15) is 0 Å². The molecule has 0 aliphatic rings. The highest BCUT2D eigenvalue weighted by Gasteiger charge is 2.22. The summed E-state index contributed by atoms with van der Waals surface area (Å²) in [5.74, 6) is -2.17. The standard InChI is InChI=1S/C13H16N2O5/c1-8-2-4-9(5-3-8)7-20-13(19)15-10(12(17)18)6-11(14)16/h2-5,10H,6-7H2,1H3,(H2,14,16)(H,15,19)(H,17,18)/t10-/m0/s1. The zero-order valence-corrected chi connectivity index (χ0v) is 11.0. The number of nitrogens with two attached hydrogens (primary N) is 1. The Morgan fingerprint density at radius 2 is 1.90 bits per heavy atom. The molecule has 0 saturated carbocycles. The summed E-state index contributed by atoms with van der Waals surface area (Å²) < 4.78 is 4.86. The van der Waals surface area contributed by atoms with E-state index in [0.29, 0.717) is 0 Å². The van der Waals surface area contributed by atoms with Crippen molar-refractivity contribution in [3.63, 3.8) is 0 Å². The molecular formula is C13H16N2O5. The zero-order valence-electron chi connectivity index (χ0n) is 11.0. The quantitative estimate of drug-likeness (QED) is 0.703. The minimum absolute atomic E-state index is 0.00895. The number of aliphatic carboxylic acids is 1. The van der Waals surface area contributed by atoms with Gasteiger partial charge in [-0.3, -0.25) is 4.79 Å². The Kier molecular flexibility index (Phi) is 5.52. The smallest absolute Gasteiger partial charge is 0.408 e. The lowest BCUT2D eigenvalue weighted by Crippen LogP contribution is -2.43. The lowest BCUT2D eigenvalue weighted by atomic mass is 10.2. The van der Waals surface area contributed by atoms with Gasteiger partial charge in [-0.05, 0) is 12.5 Å². The van der Waals surface area contributed by atoms with Crippen LogP contribution in [0.25, 0.3) is 0 Å². The number of carboxylic acid groups (broad SMARTS) is 1. The molecule has 2 amide bonds. The van der Waals surface area contributed by atoms with Gasteiger partial charge in [0.2, 0.25) is 5.91 Å².